The number of rotatable bonds is 5. The maximum atomic E-state index is 2.31. The highest BCUT2D eigenvalue weighted by molar-refractivity contribution is 7.72. The van der Waals surface area contributed by atoms with Crippen LogP contribution in [0.25, 0.3) is 0 Å². The lowest BCUT2D eigenvalue weighted by Gasteiger charge is -2.37. The van der Waals surface area contributed by atoms with E-state index in [9.17, 15) is 0 Å². The lowest BCUT2D eigenvalue weighted by molar-refractivity contribution is 0.333. The molecule has 1 nitrogen and oxygen atoms in total. The molecule has 10 radical (unpaired) electrons. The Labute approximate surface area is 138 Å². The Balaban J connectivity index is 1.88. The molecule has 0 amide bonds. The Morgan fingerprint density at radius 2 is 1.55 bits per heavy atom. The van der Waals surface area contributed by atoms with E-state index in [1.54, 1.807) is 0 Å². The quantitative estimate of drug-likeness (QED) is 0.747. The molecule has 0 spiro atoms. The van der Waals surface area contributed by atoms with Crippen LogP contribution in [0.5, 0.6) is 0 Å². The van der Waals surface area contributed by atoms with Gasteiger partial charge in [-0.2, -0.15) is 0 Å². The number of benzene rings is 1. The molecule has 2 heteroatoms. The van der Waals surface area contributed by atoms with Crippen molar-refractivity contribution in [1.29, 1.82) is 0 Å². The van der Waals surface area contributed by atoms with Crippen molar-refractivity contribution in [1.82, 2.24) is 4.90 Å². The molecule has 0 aromatic heterocycles. The Hall–Kier alpha value is -0.390. The molecule has 3 rings (SSSR count). The molecule has 112 valence electrons. The average Bonchev–Trinajstić information content (AvgIpc) is 3.20. The van der Waals surface area contributed by atoms with Gasteiger partial charge in [-0.15, -0.1) is 0 Å². The molecule has 0 heterocycles. The van der Waals surface area contributed by atoms with Crippen LogP contribution < -0.4 is 5.30 Å². The van der Waals surface area contributed by atoms with E-state index in [0.29, 0.717) is 6.04 Å². The van der Waals surface area contributed by atoms with Crippen LogP contribution in [0, 0.1) is 62.2 Å². The van der Waals surface area contributed by atoms with Gasteiger partial charge >= 0.3 is 0 Å². The Bertz CT molecular complexity index is 452. The van der Waals surface area contributed by atoms with Crippen molar-refractivity contribution >= 4 is 13.2 Å². The molecule has 0 unspecified atom stereocenters. The SMILES string of the molecule is C[C@H]([C]1[CH][CH][CH][C]1[P@]([C]1[CH][CH][CH][CH]1)c1ccccc1)N(C)C. The summed E-state index contributed by atoms with van der Waals surface area (Å²) < 4.78 is 0. The molecule has 0 bridgehead atoms. The van der Waals surface area contributed by atoms with Crippen molar-refractivity contribution in [3.8, 4) is 0 Å². The third-order valence-corrected chi connectivity index (χ3v) is 6.73. The molecule has 1 aromatic rings. The molecule has 22 heavy (non-hydrogen) atoms. The van der Waals surface area contributed by atoms with E-state index in [2.05, 4.69) is 101 Å². The summed E-state index contributed by atoms with van der Waals surface area (Å²) in [6.07, 6.45) is 15.6. The van der Waals surface area contributed by atoms with Gasteiger partial charge in [0.15, 0.2) is 0 Å². The topological polar surface area (TPSA) is 3.24 Å². The molecule has 2 aliphatic rings. The third kappa shape index (κ3) is 3.41. The van der Waals surface area contributed by atoms with Crippen molar-refractivity contribution in [2.45, 2.75) is 13.0 Å². The van der Waals surface area contributed by atoms with Crippen LogP contribution in [0.1, 0.15) is 6.92 Å². The van der Waals surface area contributed by atoms with Crippen molar-refractivity contribution in [2.75, 3.05) is 14.1 Å². The highest BCUT2D eigenvalue weighted by atomic mass is 31.1. The second kappa shape index (κ2) is 7.45. The summed E-state index contributed by atoms with van der Waals surface area (Å²) in [6.45, 7) is 2.28. The highest BCUT2D eigenvalue weighted by Gasteiger charge is 2.43. The maximum Gasteiger partial charge on any atom is 0.0173 e. The van der Waals surface area contributed by atoms with Crippen LogP contribution >= 0.6 is 7.92 Å². The number of hydrogen-bond donors (Lipinski definition) is 0. The van der Waals surface area contributed by atoms with Gasteiger partial charge in [0, 0.05) is 23.3 Å². The predicted octanol–water partition coefficient (Wildman–Crippen LogP) is 3.84. The fraction of sp³-hybridized carbons (Fsp3) is 0.200. The fourth-order valence-corrected chi connectivity index (χ4v) is 5.33. The smallest absolute Gasteiger partial charge is 0.0173 e. The molecule has 0 N–H and O–H groups in total. The van der Waals surface area contributed by atoms with E-state index in [1.807, 2.05) is 0 Å². The highest BCUT2D eigenvalue weighted by Crippen LogP contribution is 2.66. The maximum absolute atomic E-state index is 2.31. The molecule has 0 saturated heterocycles. The summed E-state index contributed by atoms with van der Waals surface area (Å²) in [5.41, 5.74) is 2.91. The molecule has 0 aliphatic heterocycles. The Morgan fingerprint density at radius 3 is 2.18 bits per heavy atom. The molecule has 1 aromatic carbocycles. The van der Waals surface area contributed by atoms with Crippen molar-refractivity contribution < 1.29 is 0 Å². The summed E-state index contributed by atoms with van der Waals surface area (Å²) in [5, 5.41) is 1.42. The van der Waals surface area contributed by atoms with Gasteiger partial charge in [0.25, 0.3) is 0 Å². The Kier molecular flexibility index (Phi) is 5.58. The summed E-state index contributed by atoms with van der Waals surface area (Å²) in [5.74, 6) is 1.45. The molecule has 2 aliphatic carbocycles. The van der Waals surface area contributed by atoms with Gasteiger partial charge in [-0.25, -0.2) is 0 Å². The van der Waals surface area contributed by atoms with Gasteiger partial charge in [0.1, 0.15) is 0 Å². The molecule has 2 fully saturated rings. The Morgan fingerprint density at radius 1 is 0.864 bits per heavy atom. The van der Waals surface area contributed by atoms with Crippen LogP contribution in [0.15, 0.2) is 30.3 Å². The van der Waals surface area contributed by atoms with Crippen LogP contribution in [-0.2, 0) is 0 Å². The molecular formula is C20H22NP. The first-order valence-electron chi connectivity index (χ1n) is 7.67. The van der Waals surface area contributed by atoms with Crippen LogP contribution in [0.3, 0.4) is 0 Å². The van der Waals surface area contributed by atoms with E-state index in [4.69, 9.17) is 0 Å². The standard InChI is InChI=1S/C20H22NP/c1-16(21(2)3)19-14-9-15-20(19)22(18-12-7-8-13-18)17-10-5-4-6-11-17/h4-16H,1-3H3/t16-,22+/m1/s1. The summed E-state index contributed by atoms with van der Waals surface area (Å²) in [7, 11) is 3.82. The largest absolute Gasteiger partial charge is 0.306 e. The minimum absolute atomic E-state index is 0.425. The normalized spacial score (nSPS) is 24.2. The van der Waals surface area contributed by atoms with Gasteiger partial charge in [0.05, 0.1) is 0 Å². The first kappa shape index (κ1) is 16.5. The van der Waals surface area contributed by atoms with E-state index in [-0.39, 0.29) is 0 Å². The van der Waals surface area contributed by atoms with Crippen molar-refractivity contribution in [3.05, 3.63) is 92.5 Å². The second-order valence-corrected chi connectivity index (χ2v) is 8.01. The van der Waals surface area contributed by atoms with Gasteiger partial charge in [-0.3, -0.25) is 0 Å². The van der Waals surface area contributed by atoms with Gasteiger partial charge in [-0.05, 0) is 71.3 Å². The number of hydrogen-bond acceptors (Lipinski definition) is 1. The van der Waals surface area contributed by atoms with Crippen LogP contribution in [0.2, 0.25) is 0 Å². The summed E-state index contributed by atoms with van der Waals surface area (Å²) in [4.78, 5) is 2.28. The zero-order valence-electron chi connectivity index (χ0n) is 13.4. The first-order chi connectivity index (χ1) is 10.7. The van der Waals surface area contributed by atoms with Gasteiger partial charge in [0.2, 0.25) is 0 Å². The van der Waals surface area contributed by atoms with Crippen LogP contribution in [-0.4, -0.2) is 25.0 Å². The predicted molar refractivity (Wildman–Crippen MR) is 96.0 cm³/mol. The number of nitrogens with zero attached hydrogens (tertiary/aromatic N) is 1. The van der Waals surface area contributed by atoms with E-state index >= 15 is 0 Å². The third-order valence-electron chi connectivity index (χ3n) is 4.21. The zero-order chi connectivity index (χ0) is 15.5. The fourth-order valence-electron chi connectivity index (χ4n) is 2.78. The second-order valence-electron chi connectivity index (χ2n) is 5.82. The van der Waals surface area contributed by atoms with E-state index < -0.39 is 7.92 Å². The lowest BCUT2D eigenvalue weighted by atomic mass is 9.98. The van der Waals surface area contributed by atoms with Gasteiger partial charge < -0.3 is 4.90 Å². The first-order valence-corrected chi connectivity index (χ1v) is 9.01. The van der Waals surface area contributed by atoms with Crippen molar-refractivity contribution in [3.63, 3.8) is 0 Å². The molecule has 2 atom stereocenters. The van der Waals surface area contributed by atoms with Gasteiger partial charge in [-0.1, -0.05) is 38.3 Å². The minimum atomic E-state index is -0.477. The van der Waals surface area contributed by atoms with Crippen LogP contribution in [0.4, 0.5) is 0 Å². The monoisotopic (exact) mass is 307 g/mol. The van der Waals surface area contributed by atoms with Crippen molar-refractivity contribution in [2.24, 2.45) is 0 Å². The average molecular weight is 307 g/mol. The zero-order valence-corrected chi connectivity index (χ0v) is 14.3. The lowest BCUT2D eigenvalue weighted by Crippen LogP contribution is -2.33. The molecule has 2 saturated carbocycles. The van der Waals surface area contributed by atoms with E-state index in [0.717, 1.165) is 0 Å². The van der Waals surface area contributed by atoms with E-state index in [1.165, 1.54) is 22.5 Å². The summed E-state index contributed by atoms with van der Waals surface area (Å²) in [6, 6.07) is 11.3. The summed E-state index contributed by atoms with van der Waals surface area (Å²) >= 11 is 0. The molecular weight excluding hydrogens is 285 g/mol. The minimum Gasteiger partial charge on any atom is -0.306 e.